The molecule has 1 aliphatic heterocycles. The van der Waals surface area contributed by atoms with E-state index in [1.165, 1.54) is 4.31 Å². The van der Waals surface area contributed by atoms with E-state index in [9.17, 15) is 12.8 Å². The van der Waals surface area contributed by atoms with E-state index < -0.39 is 15.8 Å². The number of aliphatic hydroxyl groups excluding tert-OH is 1. The Morgan fingerprint density at radius 1 is 1.48 bits per heavy atom. The Morgan fingerprint density at radius 3 is 2.86 bits per heavy atom. The molecule has 1 fully saturated rings. The van der Waals surface area contributed by atoms with Gasteiger partial charge in [-0.2, -0.15) is 4.31 Å². The SMILES string of the molecule is Nc1cc(S(=O)(=O)N2CCCC(CCO)C2)c(Cl)cc1F. The first kappa shape index (κ1) is 16.5. The normalized spacial score (nSPS) is 20.6. The molecule has 1 aliphatic rings. The second-order valence-corrected chi connectivity index (χ2v) is 7.50. The molecule has 0 bridgehead atoms. The average molecular weight is 337 g/mol. The molecule has 21 heavy (non-hydrogen) atoms. The lowest BCUT2D eigenvalue weighted by Crippen LogP contribution is -2.40. The summed E-state index contributed by atoms with van der Waals surface area (Å²) in [5.41, 5.74) is 5.19. The van der Waals surface area contributed by atoms with Gasteiger partial charge in [-0.25, -0.2) is 12.8 Å². The van der Waals surface area contributed by atoms with Crippen molar-refractivity contribution in [1.29, 1.82) is 0 Å². The summed E-state index contributed by atoms with van der Waals surface area (Å²) in [5, 5.41) is 8.81. The van der Waals surface area contributed by atoms with Crippen LogP contribution in [0.3, 0.4) is 0 Å². The fraction of sp³-hybridized carbons (Fsp3) is 0.538. The summed E-state index contributed by atoms with van der Waals surface area (Å²) >= 11 is 5.86. The number of hydrogen-bond donors (Lipinski definition) is 2. The molecule has 0 amide bonds. The Kier molecular flexibility index (Phi) is 5.08. The van der Waals surface area contributed by atoms with Crippen LogP contribution >= 0.6 is 11.6 Å². The van der Waals surface area contributed by atoms with Crippen LogP contribution in [0.25, 0.3) is 0 Å². The highest BCUT2D eigenvalue weighted by molar-refractivity contribution is 7.89. The highest BCUT2D eigenvalue weighted by atomic mass is 35.5. The fourth-order valence-electron chi connectivity index (χ4n) is 2.54. The van der Waals surface area contributed by atoms with Gasteiger partial charge in [-0.05, 0) is 37.3 Å². The molecule has 0 aromatic heterocycles. The third-order valence-electron chi connectivity index (χ3n) is 3.69. The number of sulfonamides is 1. The van der Waals surface area contributed by atoms with Crippen LogP contribution in [-0.4, -0.2) is 37.5 Å². The van der Waals surface area contributed by atoms with Crippen LogP contribution in [0.2, 0.25) is 5.02 Å². The van der Waals surface area contributed by atoms with Gasteiger partial charge in [0.2, 0.25) is 10.0 Å². The van der Waals surface area contributed by atoms with Gasteiger partial charge in [-0.1, -0.05) is 11.6 Å². The minimum Gasteiger partial charge on any atom is -0.396 e. The first-order chi connectivity index (χ1) is 9.86. The molecule has 3 N–H and O–H groups in total. The number of nitrogens with zero attached hydrogens (tertiary/aromatic N) is 1. The number of anilines is 1. The van der Waals surface area contributed by atoms with Gasteiger partial charge in [-0.15, -0.1) is 0 Å². The molecule has 1 saturated heterocycles. The molecule has 0 saturated carbocycles. The van der Waals surface area contributed by atoms with E-state index in [-0.39, 0.29) is 28.1 Å². The first-order valence-electron chi connectivity index (χ1n) is 6.71. The Morgan fingerprint density at radius 2 is 2.19 bits per heavy atom. The standard InChI is InChI=1S/C13H18ClFN2O3S/c14-10-6-11(15)12(16)7-13(10)21(19,20)17-4-1-2-9(8-17)3-5-18/h6-7,9,18H,1-5,8,16H2. The quantitative estimate of drug-likeness (QED) is 0.822. The van der Waals surface area contributed by atoms with E-state index in [0.717, 1.165) is 25.0 Å². The number of nitrogen functional groups attached to an aromatic ring is 1. The van der Waals surface area contributed by atoms with Gasteiger partial charge in [0.1, 0.15) is 10.7 Å². The van der Waals surface area contributed by atoms with Crippen molar-refractivity contribution in [3.63, 3.8) is 0 Å². The number of benzene rings is 1. The Balaban J connectivity index is 2.31. The third-order valence-corrected chi connectivity index (χ3v) is 6.02. The summed E-state index contributed by atoms with van der Waals surface area (Å²) in [4.78, 5) is -0.173. The smallest absolute Gasteiger partial charge is 0.244 e. The molecule has 8 heteroatoms. The number of nitrogens with two attached hydrogens (primary N) is 1. The highest BCUT2D eigenvalue weighted by Gasteiger charge is 2.32. The molecule has 118 valence electrons. The maximum absolute atomic E-state index is 13.3. The second-order valence-electron chi connectivity index (χ2n) is 5.19. The minimum atomic E-state index is -3.81. The molecule has 0 spiro atoms. The van der Waals surface area contributed by atoms with E-state index in [4.69, 9.17) is 22.4 Å². The molecular weight excluding hydrogens is 319 g/mol. The largest absolute Gasteiger partial charge is 0.396 e. The molecule has 1 aromatic carbocycles. The van der Waals surface area contributed by atoms with Crippen LogP contribution in [0, 0.1) is 11.7 Å². The van der Waals surface area contributed by atoms with Gasteiger partial charge in [0.05, 0.1) is 10.7 Å². The third kappa shape index (κ3) is 3.48. The van der Waals surface area contributed by atoms with Gasteiger partial charge in [0.25, 0.3) is 0 Å². The van der Waals surface area contributed by atoms with Crippen LogP contribution in [0.15, 0.2) is 17.0 Å². The maximum Gasteiger partial charge on any atom is 0.244 e. The van der Waals surface area contributed by atoms with E-state index in [0.29, 0.717) is 19.5 Å². The van der Waals surface area contributed by atoms with Gasteiger partial charge < -0.3 is 10.8 Å². The molecule has 1 aromatic rings. The number of halogens is 2. The van der Waals surface area contributed by atoms with Crippen molar-refractivity contribution in [1.82, 2.24) is 4.31 Å². The lowest BCUT2D eigenvalue weighted by atomic mass is 9.97. The van der Waals surface area contributed by atoms with Crippen molar-refractivity contribution in [2.75, 3.05) is 25.4 Å². The number of aliphatic hydroxyl groups is 1. The molecule has 5 nitrogen and oxygen atoms in total. The zero-order chi connectivity index (χ0) is 15.6. The van der Waals surface area contributed by atoms with Crippen molar-refractivity contribution in [2.24, 2.45) is 5.92 Å². The van der Waals surface area contributed by atoms with Crippen LogP contribution in [0.1, 0.15) is 19.3 Å². The van der Waals surface area contributed by atoms with Gasteiger partial charge in [0.15, 0.2) is 0 Å². The van der Waals surface area contributed by atoms with Crippen molar-refractivity contribution >= 4 is 27.3 Å². The van der Waals surface area contributed by atoms with Gasteiger partial charge in [-0.3, -0.25) is 0 Å². The van der Waals surface area contributed by atoms with E-state index in [1.54, 1.807) is 0 Å². The van der Waals surface area contributed by atoms with E-state index >= 15 is 0 Å². The molecule has 1 atom stereocenters. The van der Waals surface area contributed by atoms with Crippen LogP contribution in [-0.2, 0) is 10.0 Å². The Bertz CT molecular complexity index is 622. The predicted molar refractivity (Wildman–Crippen MR) is 79.0 cm³/mol. The molecular formula is C13H18ClFN2O3S. The number of rotatable bonds is 4. The predicted octanol–water partition coefficient (Wildman–Crippen LogP) is 1.84. The molecule has 0 aliphatic carbocycles. The molecule has 1 heterocycles. The monoisotopic (exact) mass is 336 g/mol. The summed E-state index contributed by atoms with van der Waals surface area (Å²) in [6.07, 6.45) is 2.16. The summed E-state index contributed by atoms with van der Waals surface area (Å²) in [5.74, 6) is -0.620. The van der Waals surface area contributed by atoms with Crippen LogP contribution in [0.4, 0.5) is 10.1 Å². The van der Waals surface area contributed by atoms with Crippen molar-refractivity contribution in [2.45, 2.75) is 24.2 Å². The lowest BCUT2D eigenvalue weighted by Gasteiger charge is -2.31. The lowest BCUT2D eigenvalue weighted by molar-refractivity contribution is 0.203. The molecule has 1 unspecified atom stereocenters. The number of hydrogen-bond acceptors (Lipinski definition) is 4. The van der Waals surface area contributed by atoms with Crippen molar-refractivity contribution in [3.05, 3.63) is 23.0 Å². The second kappa shape index (κ2) is 6.48. The topological polar surface area (TPSA) is 83.6 Å². The summed E-state index contributed by atoms with van der Waals surface area (Å²) in [6, 6.07) is 1.97. The van der Waals surface area contributed by atoms with E-state index in [2.05, 4.69) is 0 Å². The highest BCUT2D eigenvalue weighted by Crippen LogP contribution is 2.31. The van der Waals surface area contributed by atoms with Crippen LogP contribution in [0.5, 0.6) is 0 Å². The Labute approximate surface area is 128 Å². The molecule has 2 rings (SSSR count). The van der Waals surface area contributed by atoms with Gasteiger partial charge >= 0.3 is 0 Å². The van der Waals surface area contributed by atoms with Gasteiger partial charge in [0, 0.05) is 19.7 Å². The fourth-order valence-corrected chi connectivity index (χ4v) is 4.62. The number of piperidine rings is 1. The first-order valence-corrected chi connectivity index (χ1v) is 8.53. The maximum atomic E-state index is 13.3. The summed E-state index contributed by atoms with van der Waals surface area (Å²) in [7, 11) is -3.81. The zero-order valence-corrected chi connectivity index (χ0v) is 13.0. The summed E-state index contributed by atoms with van der Waals surface area (Å²) in [6.45, 7) is 0.747. The van der Waals surface area contributed by atoms with Crippen molar-refractivity contribution in [3.8, 4) is 0 Å². The minimum absolute atomic E-state index is 0.0306. The summed E-state index contributed by atoms with van der Waals surface area (Å²) < 4.78 is 39.9. The average Bonchev–Trinajstić information content (AvgIpc) is 2.43. The van der Waals surface area contributed by atoms with Crippen LogP contribution < -0.4 is 5.73 Å². The van der Waals surface area contributed by atoms with Crippen molar-refractivity contribution < 1.29 is 17.9 Å². The molecule has 0 radical (unpaired) electrons. The Hall–Kier alpha value is -0.890. The van der Waals surface area contributed by atoms with E-state index in [1.807, 2.05) is 0 Å². The zero-order valence-electron chi connectivity index (χ0n) is 11.4.